The third-order valence-electron chi connectivity index (χ3n) is 4.22. The molecule has 134 valence electrons. The summed E-state index contributed by atoms with van der Waals surface area (Å²) in [5.41, 5.74) is 4.83. The summed E-state index contributed by atoms with van der Waals surface area (Å²) in [6.45, 7) is 0.0152. The fourth-order valence-electron chi connectivity index (χ4n) is 2.96. The molecule has 0 saturated carbocycles. The van der Waals surface area contributed by atoms with Gasteiger partial charge in [-0.1, -0.05) is 42.5 Å². The lowest BCUT2D eigenvalue weighted by Gasteiger charge is -2.22. The molecule has 0 aromatic heterocycles. The zero-order valence-electron chi connectivity index (χ0n) is 14.4. The van der Waals surface area contributed by atoms with Crippen LogP contribution in [0.1, 0.15) is 16.7 Å². The van der Waals surface area contributed by atoms with Crippen LogP contribution in [0.15, 0.2) is 66.7 Å². The molecule has 0 heterocycles. The highest BCUT2D eigenvalue weighted by Gasteiger charge is 2.09. The first kappa shape index (κ1) is 17.9. The minimum Gasteiger partial charge on any atom is -0.733 e. The fourth-order valence-corrected chi connectivity index (χ4v) is 2.96. The van der Waals surface area contributed by atoms with Crippen molar-refractivity contribution in [3.63, 3.8) is 0 Å². The summed E-state index contributed by atoms with van der Waals surface area (Å²) in [5, 5.41) is 29.5. The van der Waals surface area contributed by atoms with E-state index in [1.54, 1.807) is 19.2 Å². The SMILES string of the molecule is COc1ccc(Cc2cccc(CO)c2)cc1-c1cccc(N([O-])O)c1. The van der Waals surface area contributed by atoms with E-state index in [4.69, 9.17) is 9.94 Å². The topological polar surface area (TPSA) is 76.0 Å². The summed E-state index contributed by atoms with van der Waals surface area (Å²) in [6, 6.07) is 20.4. The molecule has 0 aliphatic heterocycles. The van der Waals surface area contributed by atoms with Crippen LogP contribution in [0.25, 0.3) is 11.1 Å². The van der Waals surface area contributed by atoms with E-state index in [2.05, 4.69) is 0 Å². The molecule has 0 saturated heterocycles. The van der Waals surface area contributed by atoms with Gasteiger partial charge in [0.15, 0.2) is 0 Å². The van der Waals surface area contributed by atoms with Crippen LogP contribution in [0.2, 0.25) is 0 Å². The highest BCUT2D eigenvalue weighted by molar-refractivity contribution is 5.74. The minimum atomic E-state index is -0.153. The largest absolute Gasteiger partial charge is 0.733 e. The second-order valence-corrected chi connectivity index (χ2v) is 6.01. The Labute approximate surface area is 152 Å². The highest BCUT2D eigenvalue weighted by atomic mass is 16.8. The average molecular weight is 350 g/mol. The molecular weight excluding hydrogens is 330 g/mol. The lowest BCUT2D eigenvalue weighted by molar-refractivity contribution is 0.281. The van der Waals surface area contributed by atoms with Gasteiger partial charge < -0.3 is 20.3 Å². The zero-order valence-corrected chi connectivity index (χ0v) is 14.4. The molecular formula is C21H20NO4-. The van der Waals surface area contributed by atoms with E-state index in [1.807, 2.05) is 48.5 Å². The lowest BCUT2D eigenvalue weighted by atomic mass is 9.97. The van der Waals surface area contributed by atoms with Gasteiger partial charge in [0.25, 0.3) is 0 Å². The first-order valence-corrected chi connectivity index (χ1v) is 8.23. The first-order chi connectivity index (χ1) is 12.6. The Morgan fingerprint density at radius 1 is 0.923 bits per heavy atom. The maximum atomic E-state index is 11.2. The minimum absolute atomic E-state index is 0.0152. The van der Waals surface area contributed by atoms with Crippen molar-refractivity contribution in [2.24, 2.45) is 0 Å². The highest BCUT2D eigenvalue weighted by Crippen LogP contribution is 2.33. The van der Waals surface area contributed by atoms with E-state index in [-0.39, 0.29) is 17.5 Å². The fraction of sp³-hybridized carbons (Fsp3) is 0.143. The molecule has 0 spiro atoms. The average Bonchev–Trinajstić information content (AvgIpc) is 2.68. The van der Waals surface area contributed by atoms with Gasteiger partial charge >= 0.3 is 0 Å². The number of benzene rings is 3. The summed E-state index contributed by atoms with van der Waals surface area (Å²) >= 11 is 0. The Kier molecular flexibility index (Phi) is 5.53. The summed E-state index contributed by atoms with van der Waals surface area (Å²) < 4.78 is 5.45. The Balaban J connectivity index is 1.97. The summed E-state index contributed by atoms with van der Waals surface area (Å²) in [4.78, 5) is 0. The maximum Gasteiger partial charge on any atom is 0.126 e. The summed E-state index contributed by atoms with van der Waals surface area (Å²) in [6.07, 6.45) is 0.707. The Morgan fingerprint density at radius 2 is 1.65 bits per heavy atom. The van der Waals surface area contributed by atoms with Gasteiger partial charge in [-0.05, 0) is 52.9 Å². The van der Waals surface area contributed by atoms with Gasteiger partial charge in [-0.15, -0.1) is 0 Å². The molecule has 2 N–H and O–H groups in total. The standard InChI is InChI=1S/C21H20NO4/c1-26-21-9-8-16(10-15-4-2-5-17(11-15)14-23)12-20(21)18-6-3-7-19(13-18)22(24)25/h2-9,11-13,23-24H,10,14H2,1H3/q-1. The molecule has 3 aromatic carbocycles. The molecule has 0 aliphatic rings. The molecule has 0 aliphatic carbocycles. The third kappa shape index (κ3) is 4.03. The molecule has 0 unspecified atom stereocenters. The number of anilines is 1. The van der Waals surface area contributed by atoms with Gasteiger partial charge in [0, 0.05) is 5.56 Å². The van der Waals surface area contributed by atoms with E-state index in [9.17, 15) is 10.3 Å². The predicted molar refractivity (Wildman–Crippen MR) is 101 cm³/mol. The number of aliphatic hydroxyl groups excluding tert-OH is 1. The molecule has 0 amide bonds. The van der Waals surface area contributed by atoms with Crippen molar-refractivity contribution in [1.29, 1.82) is 0 Å². The van der Waals surface area contributed by atoms with E-state index in [1.165, 1.54) is 6.07 Å². The Hall–Kier alpha value is -2.86. The van der Waals surface area contributed by atoms with Crippen LogP contribution < -0.4 is 9.96 Å². The molecule has 0 radical (unpaired) electrons. The summed E-state index contributed by atoms with van der Waals surface area (Å²) in [5.74, 6) is 0.686. The second-order valence-electron chi connectivity index (χ2n) is 6.01. The normalized spacial score (nSPS) is 10.6. The van der Waals surface area contributed by atoms with Crippen LogP contribution in [0, 0.1) is 5.21 Å². The quantitative estimate of drug-likeness (QED) is 0.654. The van der Waals surface area contributed by atoms with Crippen LogP contribution in [0.3, 0.4) is 0 Å². The van der Waals surface area contributed by atoms with Crippen molar-refractivity contribution in [2.45, 2.75) is 13.0 Å². The number of nitrogens with zero attached hydrogens (tertiary/aromatic N) is 1. The van der Waals surface area contributed by atoms with Crippen molar-refractivity contribution < 1.29 is 15.1 Å². The van der Waals surface area contributed by atoms with Gasteiger partial charge in [-0.3, -0.25) is 5.21 Å². The van der Waals surface area contributed by atoms with E-state index in [0.717, 1.165) is 27.8 Å². The molecule has 26 heavy (non-hydrogen) atoms. The molecule has 0 bridgehead atoms. The number of methoxy groups -OCH3 is 1. The van der Waals surface area contributed by atoms with Gasteiger partial charge in [-0.2, -0.15) is 0 Å². The number of ether oxygens (including phenoxy) is 1. The number of hydrogen-bond acceptors (Lipinski definition) is 5. The smallest absolute Gasteiger partial charge is 0.126 e. The summed E-state index contributed by atoms with van der Waals surface area (Å²) in [7, 11) is 1.60. The van der Waals surface area contributed by atoms with Crippen LogP contribution in [-0.2, 0) is 13.0 Å². The number of rotatable bonds is 6. The second kappa shape index (κ2) is 8.01. The number of aliphatic hydroxyl groups is 1. The number of hydrogen-bond donors (Lipinski definition) is 2. The molecule has 5 heteroatoms. The monoisotopic (exact) mass is 350 g/mol. The van der Waals surface area contributed by atoms with E-state index < -0.39 is 0 Å². The van der Waals surface area contributed by atoms with Gasteiger partial charge in [0.1, 0.15) is 5.75 Å². The zero-order chi connectivity index (χ0) is 18.5. The lowest BCUT2D eigenvalue weighted by Crippen LogP contribution is -2.06. The maximum absolute atomic E-state index is 11.2. The molecule has 3 aromatic rings. The van der Waals surface area contributed by atoms with Gasteiger partial charge in [0.2, 0.25) is 0 Å². The van der Waals surface area contributed by atoms with Crippen LogP contribution in [-0.4, -0.2) is 17.4 Å². The molecule has 0 atom stereocenters. The van der Waals surface area contributed by atoms with E-state index >= 15 is 0 Å². The third-order valence-corrected chi connectivity index (χ3v) is 4.22. The Bertz CT molecular complexity index is 893. The van der Waals surface area contributed by atoms with Crippen molar-refractivity contribution in [2.75, 3.05) is 12.3 Å². The molecule has 3 rings (SSSR count). The van der Waals surface area contributed by atoms with Gasteiger partial charge in [-0.25, -0.2) is 0 Å². The molecule has 5 nitrogen and oxygen atoms in total. The first-order valence-electron chi connectivity index (χ1n) is 8.23. The van der Waals surface area contributed by atoms with Crippen molar-refractivity contribution >= 4 is 5.69 Å². The van der Waals surface area contributed by atoms with Crippen LogP contribution >= 0.6 is 0 Å². The molecule has 0 fully saturated rings. The van der Waals surface area contributed by atoms with Gasteiger partial charge in [0.05, 0.1) is 19.4 Å². The Morgan fingerprint density at radius 3 is 2.38 bits per heavy atom. The van der Waals surface area contributed by atoms with Crippen LogP contribution in [0.4, 0.5) is 5.69 Å². The van der Waals surface area contributed by atoms with Crippen molar-refractivity contribution in [3.05, 3.63) is 88.6 Å². The van der Waals surface area contributed by atoms with Crippen molar-refractivity contribution in [1.82, 2.24) is 0 Å². The van der Waals surface area contributed by atoms with Crippen LogP contribution in [0.5, 0.6) is 5.75 Å². The predicted octanol–water partition coefficient (Wildman–Crippen LogP) is 4.14. The van der Waals surface area contributed by atoms with E-state index in [0.29, 0.717) is 12.2 Å². The van der Waals surface area contributed by atoms with Crippen molar-refractivity contribution in [3.8, 4) is 16.9 Å².